The van der Waals surface area contributed by atoms with Crippen molar-refractivity contribution in [3.05, 3.63) is 136 Å². The van der Waals surface area contributed by atoms with Crippen molar-refractivity contribution in [1.29, 1.82) is 0 Å². The number of thiophene rings is 1. The number of aliphatic hydroxyl groups is 1. The smallest absolute Gasteiger partial charge is 0.251 e. The van der Waals surface area contributed by atoms with Gasteiger partial charge in [0.2, 0.25) is 23.4 Å². The normalized spacial score (nSPS) is 19.9. The highest BCUT2D eigenvalue weighted by molar-refractivity contribution is 7.13. The zero-order valence-corrected chi connectivity index (χ0v) is 43.4. The zero-order chi connectivity index (χ0) is 51.4. The number of aliphatic hydroxyl groups excluding tert-OH is 1. The van der Waals surface area contributed by atoms with E-state index in [0.29, 0.717) is 27.8 Å². The summed E-state index contributed by atoms with van der Waals surface area (Å²) in [4.78, 5) is 60.4. The maximum atomic E-state index is 14.1. The number of benzene rings is 4. The first-order valence-electron chi connectivity index (χ1n) is 23.9. The van der Waals surface area contributed by atoms with Gasteiger partial charge in [-0.2, -0.15) is 0 Å². The molecule has 4 atom stereocenters. The molecule has 15 heteroatoms. The number of likely N-dealkylation sites (tertiary alicyclic amines) is 1. The minimum Gasteiger partial charge on any atom is -0.491 e. The van der Waals surface area contributed by atoms with Crippen LogP contribution < -0.4 is 25.4 Å². The maximum Gasteiger partial charge on any atom is 0.251 e. The van der Waals surface area contributed by atoms with Gasteiger partial charge >= 0.3 is 0 Å². The number of rotatable bonds is 17. The molecule has 1 aromatic heterocycles. The summed E-state index contributed by atoms with van der Waals surface area (Å²) in [5.74, 6) is -0.313. The van der Waals surface area contributed by atoms with Gasteiger partial charge < -0.3 is 40.2 Å². The van der Waals surface area contributed by atoms with Crippen LogP contribution in [0.3, 0.4) is 0 Å². The maximum absolute atomic E-state index is 14.1. The van der Waals surface area contributed by atoms with E-state index in [1.165, 1.54) is 15.3 Å². The molecule has 1 saturated heterocycles. The van der Waals surface area contributed by atoms with E-state index in [2.05, 4.69) is 66.9 Å². The van der Waals surface area contributed by atoms with Crippen molar-refractivity contribution < 1.29 is 38.5 Å². The first-order valence-corrected chi connectivity index (χ1v) is 25.1. The Kier molecular flexibility index (Phi) is 16.0. The number of halogens is 1. The average Bonchev–Trinajstić information content (AvgIpc) is 3.96. The number of carbonyl (C=O) groups is 4. The summed E-state index contributed by atoms with van der Waals surface area (Å²) in [5, 5.41) is 22.2. The lowest BCUT2D eigenvalue weighted by atomic mass is 9.49. The van der Waals surface area contributed by atoms with Crippen molar-refractivity contribution in [2.45, 2.75) is 105 Å². The van der Waals surface area contributed by atoms with Crippen molar-refractivity contribution in [3.63, 3.8) is 0 Å². The van der Waals surface area contributed by atoms with Gasteiger partial charge in [-0.1, -0.05) is 115 Å². The van der Waals surface area contributed by atoms with E-state index >= 15 is 0 Å². The fraction of sp³-hybridized carbons (Fsp3) is 0.411. The average molecular weight is 1000 g/mol. The summed E-state index contributed by atoms with van der Waals surface area (Å²) in [6, 6.07) is 27.7. The van der Waals surface area contributed by atoms with Crippen molar-refractivity contribution in [2.75, 3.05) is 26.4 Å². The third-order valence-corrected chi connectivity index (χ3v) is 15.0. The number of nitrogens with zero attached hydrogens (tertiary/aromatic N) is 2. The fourth-order valence-corrected chi connectivity index (χ4v) is 11.2. The van der Waals surface area contributed by atoms with E-state index in [1.807, 2.05) is 88.4 Å². The van der Waals surface area contributed by atoms with Crippen molar-refractivity contribution in [2.24, 2.45) is 16.2 Å². The second-order valence-electron chi connectivity index (χ2n) is 20.8. The molecule has 1 aliphatic heterocycles. The number of nitrogens with one attached hydrogen (secondary N) is 3. The summed E-state index contributed by atoms with van der Waals surface area (Å²) in [7, 11) is 0. The Morgan fingerprint density at radius 3 is 2.08 bits per heavy atom. The molecule has 1 saturated carbocycles. The fourth-order valence-electron chi connectivity index (χ4n) is 10.1. The van der Waals surface area contributed by atoms with Gasteiger partial charge in [-0.25, -0.2) is 4.85 Å². The Bertz CT molecular complexity index is 2750. The molecule has 5 aromatic rings. The van der Waals surface area contributed by atoms with Crippen LogP contribution >= 0.6 is 22.9 Å². The predicted octanol–water partition coefficient (Wildman–Crippen LogP) is 9.97. The molecule has 0 unspecified atom stereocenters. The summed E-state index contributed by atoms with van der Waals surface area (Å²) in [5.41, 5.74) is 4.48. The lowest BCUT2D eigenvalue weighted by Crippen LogP contribution is -2.74. The Morgan fingerprint density at radius 1 is 0.873 bits per heavy atom. The first-order chi connectivity index (χ1) is 33.6. The Labute approximate surface area is 426 Å². The van der Waals surface area contributed by atoms with Crippen LogP contribution in [0.5, 0.6) is 11.5 Å². The highest BCUT2D eigenvalue weighted by atomic mass is 35.5. The molecule has 4 aromatic carbocycles. The molecule has 0 radical (unpaired) electrons. The lowest BCUT2D eigenvalue weighted by molar-refractivity contribution is -0.164. The molecule has 374 valence electrons. The molecule has 7 rings (SSSR count). The number of β-amino-alcohol motifs (C(OH)–C–C–N with tert-alkyl or cyclic N) is 1. The first kappa shape index (κ1) is 52.6. The predicted molar refractivity (Wildman–Crippen MR) is 278 cm³/mol. The van der Waals surface area contributed by atoms with Gasteiger partial charge in [0.15, 0.2) is 0 Å². The van der Waals surface area contributed by atoms with Crippen LogP contribution in [0, 0.1) is 29.7 Å². The molecule has 2 fully saturated rings. The van der Waals surface area contributed by atoms with Gasteiger partial charge in [-0.05, 0) is 94.9 Å². The van der Waals surface area contributed by atoms with E-state index in [0.717, 1.165) is 22.3 Å². The number of amides is 4. The number of aryl methyl sites for hydroxylation is 1. The second kappa shape index (κ2) is 21.6. The third kappa shape index (κ3) is 11.9. The number of hydrogen-bond donors (Lipinski definition) is 4. The number of hydrogen-bond acceptors (Lipinski definition) is 9. The van der Waals surface area contributed by atoms with Gasteiger partial charge in [0.25, 0.3) is 5.91 Å². The molecular weight excluding hydrogens is 938 g/mol. The van der Waals surface area contributed by atoms with Crippen LogP contribution in [0.2, 0.25) is 5.02 Å². The summed E-state index contributed by atoms with van der Waals surface area (Å²) < 4.78 is 17.9. The summed E-state index contributed by atoms with van der Waals surface area (Å²) >= 11 is 7.94. The summed E-state index contributed by atoms with van der Waals surface area (Å²) in [6.07, 6.45) is -1.01. The topological polar surface area (TPSA) is 160 Å². The molecular formula is C56H64ClN5O8S. The zero-order valence-electron chi connectivity index (χ0n) is 41.8. The van der Waals surface area contributed by atoms with Crippen LogP contribution in [-0.4, -0.2) is 90.3 Å². The highest BCUT2D eigenvalue weighted by Crippen LogP contribution is 2.56. The SMILES string of the molecule is [C-]#[N+]c1ccc(OC2C(C)(C)C(NC(=O)c3ccc(-c4ccc(OCCOCC(=O)N[C@H](C(=O)N5C[C@H](O)C[C@H]5C(=O)N[C@@H](C)c5ccc(-c6sccc6C)cc5)C(C)(C)C)cc4)cc3)C2(C)C)cc1Cl. The molecule has 4 N–H and O–H groups in total. The minimum absolute atomic E-state index is 0.0276. The van der Waals surface area contributed by atoms with Crippen molar-refractivity contribution in [3.8, 4) is 33.1 Å². The molecule has 2 aliphatic rings. The van der Waals surface area contributed by atoms with E-state index in [4.69, 9.17) is 32.4 Å². The third-order valence-electron chi connectivity index (χ3n) is 13.6. The molecule has 4 amide bonds. The quantitative estimate of drug-likeness (QED) is 0.0529. The summed E-state index contributed by atoms with van der Waals surface area (Å²) in [6.45, 7) is 24.9. The van der Waals surface area contributed by atoms with Crippen LogP contribution in [0.15, 0.2) is 102 Å². The van der Waals surface area contributed by atoms with Crippen LogP contribution in [-0.2, 0) is 19.1 Å². The molecule has 71 heavy (non-hydrogen) atoms. The molecule has 0 bridgehead atoms. The van der Waals surface area contributed by atoms with E-state index in [1.54, 1.807) is 41.7 Å². The van der Waals surface area contributed by atoms with Crippen molar-refractivity contribution >= 4 is 52.3 Å². The van der Waals surface area contributed by atoms with Crippen LogP contribution in [0.4, 0.5) is 5.69 Å². The van der Waals surface area contributed by atoms with E-state index in [-0.39, 0.29) is 62.8 Å². The minimum atomic E-state index is -0.988. The number of carbonyl (C=O) groups excluding carboxylic acids is 4. The highest BCUT2D eigenvalue weighted by Gasteiger charge is 2.64. The van der Waals surface area contributed by atoms with Crippen molar-refractivity contribution in [1.82, 2.24) is 20.9 Å². The van der Waals surface area contributed by atoms with Crippen LogP contribution in [0.25, 0.3) is 26.4 Å². The molecule has 2 heterocycles. The Morgan fingerprint density at radius 2 is 1.49 bits per heavy atom. The van der Waals surface area contributed by atoms with Crippen LogP contribution in [0.1, 0.15) is 89.3 Å². The van der Waals surface area contributed by atoms with E-state index in [9.17, 15) is 24.3 Å². The Balaban J connectivity index is 0.847. The van der Waals surface area contributed by atoms with E-state index < -0.39 is 46.2 Å². The Hall–Kier alpha value is -6.24. The van der Waals surface area contributed by atoms with Gasteiger partial charge in [0.05, 0.1) is 30.3 Å². The molecule has 13 nitrogen and oxygen atoms in total. The van der Waals surface area contributed by atoms with Gasteiger partial charge in [0, 0.05) is 40.3 Å². The number of ether oxygens (including phenoxy) is 3. The standard InChI is InChI=1S/C56H64ClN5O8S/c1-33-25-28-71-47(33)38-15-11-35(12-16-38)34(2)59-50(66)45-29-40(63)31-62(45)51(67)48(54(3,4)5)60-46(64)32-68-26-27-69-41-21-19-37(20-22-41)36-13-17-39(18-14-36)49(65)61-52-55(6,7)53(56(52,8)9)70-42-23-24-44(58-10)43(57)30-42/h11-25,28,30,34,40,45,48,52-53,63H,26-27,29,31-32H2,1-9H3,(H,59,66)(H,60,64)(H,61,65)/t34-,40+,45-,48+,52?,53?/m0/s1. The van der Waals surface area contributed by atoms with Gasteiger partial charge in [-0.15, -0.1) is 11.3 Å². The van der Waals surface area contributed by atoms with Gasteiger partial charge in [0.1, 0.15) is 42.9 Å². The molecule has 0 spiro atoms. The largest absolute Gasteiger partial charge is 0.491 e. The monoisotopic (exact) mass is 1000 g/mol. The van der Waals surface area contributed by atoms with Gasteiger partial charge in [-0.3, -0.25) is 19.2 Å². The molecule has 1 aliphatic carbocycles. The lowest BCUT2D eigenvalue weighted by Gasteiger charge is -2.63. The second-order valence-corrected chi connectivity index (χ2v) is 22.1.